The van der Waals surface area contributed by atoms with Gasteiger partial charge in [0.05, 0.1) is 0 Å². The van der Waals surface area contributed by atoms with E-state index < -0.39 is 0 Å². The largest absolute Gasteiger partial charge is 0.337 e. The fraction of sp³-hybridized carbons (Fsp3) is 0.588. The molecule has 1 aromatic carbocycles. The number of hydrogen-bond donors (Lipinski definition) is 1. The van der Waals surface area contributed by atoms with E-state index in [1.165, 1.54) is 37.0 Å². The van der Waals surface area contributed by atoms with E-state index in [2.05, 4.69) is 17.4 Å². The monoisotopic (exact) mass is 306 g/mol. The van der Waals surface area contributed by atoms with Crippen molar-refractivity contribution >= 4 is 17.8 Å². The van der Waals surface area contributed by atoms with Crippen LogP contribution in [0, 0.1) is 5.92 Å². The summed E-state index contributed by atoms with van der Waals surface area (Å²) < 4.78 is 0. The van der Waals surface area contributed by atoms with Crippen LogP contribution < -0.4 is 5.32 Å². The second-order valence-electron chi connectivity index (χ2n) is 5.78. The van der Waals surface area contributed by atoms with Gasteiger partial charge in [-0.05, 0) is 30.9 Å². The average Bonchev–Trinajstić information content (AvgIpc) is 2.53. The van der Waals surface area contributed by atoms with Crippen molar-refractivity contribution in [1.29, 1.82) is 0 Å². The Hall–Kier alpha value is -1.16. The molecular weight excluding hydrogens is 280 g/mol. The molecule has 0 spiro atoms. The van der Waals surface area contributed by atoms with Crippen molar-refractivity contribution in [3.63, 3.8) is 0 Å². The number of carbonyl (C=O) groups is 1. The van der Waals surface area contributed by atoms with Crippen LogP contribution in [0.25, 0.3) is 0 Å². The molecule has 1 aliphatic carbocycles. The van der Waals surface area contributed by atoms with E-state index in [0.717, 1.165) is 12.3 Å². The molecule has 3 nitrogen and oxygen atoms in total. The Morgan fingerprint density at radius 2 is 1.95 bits per heavy atom. The predicted molar refractivity (Wildman–Crippen MR) is 89.8 cm³/mol. The quantitative estimate of drug-likeness (QED) is 0.636. The Bertz CT molecular complexity index is 418. The second kappa shape index (κ2) is 8.98. The van der Waals surface area contributed by atoms with Crippen LogP contribution in [0.4, 0.5) is 4.79 Å². The molecule has 1 saturated carbocycles. The van der Waals surface area contributed by atoms with Gasteiger partial charge in [0, 0.05) is 30.8 Å². The Kier molecular flexibility index (Phi) is 6.93. The highest BCUT2D eigenvalue weighted by atomic mass is 32.2. The van der Waals surface area contributed by atoms with Crippen LogP contribution in [0.5, 0.6) is 0 Å². The van der Waals surface area contributed by atoms with Gasteiger partial charge in [0.1, 0.15) is 0 Å². The SMILES string of the molecule is CN(CC1CCCCC1)C(=O)NCCSc1ccccc1. The van der Waals surface area contributed by atoms with Crippen molar-refractivity contribution in [1.82, 2.24) is 10.2 Å². The minimum Gasteiger partial charge on any atom is -0.337 e. The summed E-state index contributed by atoms with van der Waals surface area (Å²) in [6, 6.07) is 10.4. The predicted octanol–water partition coefficient (Wildman–Crippen LogP) is 4.00. The molecular formula is C17H26N2OS. The zero-order chi connectivity index (χ0) is 14.9. The molecule has 1 aromatic rings. The summed E-state index contributed by atoms with van der Waals surface area (Å²) in [5, 5.41) is 3.01. The summed E-state index contributed by atoms with van der Waals surface area (Å²) in [7, 11) is 1.91. The van der Waals surface area contributed by atoms with Gasteiger partial charge in [-0.15, -0.1) is 11.8 Å². The lowest BCUT2D eigenvalue weighted by molar-refractivity contribution is 0.193. The van der Waals surface area contributed by atoms with Crippen LogP contribution in [0.15, 0.2) is 35.2 Å². The maximum atomic E-state index is 12.0. The van der Waals surface area contributed by atoms with Gasteiger partial charge >= 0.3 is 6.03 Å². The summed E-state index contributed by atoms with van der Waals surface area (Å²) in [5.74, 6) is 1.61. The number of thioether (sulfide) groups is 1. The lowest BCUT2D eigenvalue weighted by Gasteiger charge is -2.27. The van der Waals surface area contributed by atoms with Crippen LogP contribution in [0.1, 0.15) is 32.1 Å². The maximum Gasteiger partial charge on any atom is 0.317 e. The third-order valence-corrected chi connectivity index (χ3v) is 5.01. The fourth-order valence-corrected chi connectivity index (χ4v) is 3.61. The van der Waals surface area contributed by atoms with Crippen LogP contribution in [-0.2, 0) is 0 Å². The molecule has 0 atom stereocenters. The first-order valence-electron chi connectivity index (χ1n) is 7.92. The number of nitrogens with one attached hydrogen (secondary N) is 1. The second-order valence-corrected chi connectivity index (χ2v) is 6.95. The first kappa shape index (κ1) is 16.2. The van der Waals surface area contributed by atoms with Crippen LogP contribution in [0.3, 0.4) is 0 Å². The highest BCUT2D eigenvalue weighted by molar-refractivity contribution is 7.99. The van der Waals surface area contributed by atoms with Crippen molar-refractivity contribution in [3.05, 3.63) is 30.3 Å². The topological polar surface area (TPSA) is 32.3 Å². The molecule has 116 valence electrons. The number of rotatable bonds is 6. The smallest absolute Gasteiger partial charge is 0.317 e. The molecule has 0 unspecified atom stereocenters. The van der Waals surface area contributed by atoms with Gasteiger partial charge < -0.3 is 10.2 Å². The zero-order valence-corrected chi connectivity index (χ0v) is 13.7. The Balaban J connectivity index is 1.60. The van der Waals surface area contributed by atoms with E-state index in [1.807, 2.05) is 30.1 Å². The third-order valence-electron chi connectivity index (χ3n) is 3.99. The molecule has 2 amide bonds. The highest BCUT2D eigenvalue weighted by Gasteiger charge is 2.17. The number of hydrogen-bond acceptors (Lipinski definition) is 2. The molecule has 0 bridgehead atoms. The molecule has 1 N–H and O–H groups in total. The van der Waals surface area contributed by atoms with E-state index in [1.54, 1.807) is 11.8 Å². The summed E-state index contributed by atoms with van der Waals surface area (Å²) in [4.78, 5) is 15.1. The van der Waals surface area contributed by atoms with Crippen LogP contribution in [-0.4, -0.2) is 36.8 Å². The van der Waals surface area contributed by atoms with Gasteiger partial charge in [0.15, 0.2) is 0 Å². The minimum absolute atomic E-state index is 0.0641. The zero-order valence-electron chi connectivity index (χ0n) is 12.9. The van der Waals surface area contributed by atoms with Crippen molar-refractivity contribution in [3.8, 4) is 0 Å². The number of urea groups is 1. The molecule has 2 rings (SSSR count). The summed E-state index contributed by atoms with van der Waals surface area (Å²) in [6.45, 7) is 1.62. The highest BCUT2D eigenvalue weighted by Crippen LogP contribution is 2.24. The summed E-state index contributed by atoms with van der Waals surface area (Å²) in [5.41, 5.74) is 0. The first-order valence-corrected chi connectivity index (χ1v) is 8.91. The van der Waals surface area contributed by atoms with E-state index in [4.69, 9.17) is 0 Å². The number of carbonyl (C=O) groups excluding carboxylic acids is 1. The van der Waals surface area contributed by atoms with Crippen molar-refractivity contribution in [2.75, 3.05) is 25.9 Å². The molecule has 0 heterocycles. The Labute approximate surface area is 132 Å². The van der Waals surface area contributed by atoms with E-state index in [9.17, 15) is 4.79 Å². The van der Waals surface area contributed by atoms with E-state index in [-0.39, 0.29) is 6.03 Å². The van der Waals surface area contributed by atoms with Crippen molar-refractivity contribution < 1.29 is 4.79 Å². The molecule has 0 saturated heterocycles. The molecule has 0 aliphatic heterocycles. The first-order chi connectivity index (χ1) is 10.3. The Morgan fingerprint density at radius 1 is 1.24 bits per heavy atom. The van der Waals surface area contributed by atoms with Gasteiger partial charge in [-0.2, -0.15) is 0 Å². The molecule has 4 heteroatoms. The van der Waals surface area contributed by atoms with E-state index in [0.29, 0.717) is 12.5 Å². The van der Waals surface area contributed by atoms with Gasteiger partial charge in [-0.1, -0.05) is 37.5 Å². The average molecular weight is 306 g/mol. The van der Waals surface area contributed by atoms with Crippen LogP contribution >= 0.6 is 11.8 Å². The molecule has 0 radical (unpaired) electrons. The lowest BCUT2D eigenvalue weighted by atomic mass is 9.89. The van der Waals surface area contributed by atoms with Gasteiger partial charge in [0.2, 0.25) is 0 Å². The number of benzene rings is 1. The van der Waals surface area contributed by atoms with Gasteiger partial charge in [-0.25, -0.2) is 4.79 Å². The van der Waals surface area contributed by atoms with E-state index >= 15 is 0 Å². The molecule has 0 aromatic heterocycles. The summed E-state index contributed by atoms with van der Waals surface area (Å²) in [6.07, 6.45) is 6.58. The van der Waals surface area contributed by atoms with Crippen LogP contribution in [0.2, 0.25) is 0 Å². The summed E-state index contributed by atoms with van der Waals surface area (Å²) >= 11 is 1.78. The fourth-order valence-electron chi connectivity index (χ4n) is 2.82. The standard InChI is InChI=1S/C17H26N2OS/c1-19(14-15-8-4-2-5-9-15)17(20)18-12-13-21-16-10-6-3-7-11-16/h3,6-7,10-11,15H,2,4-5,8-9,12-14H2,1H3,(H,18,20). The number of nitrogens with zero attached hydrogens (tertiary/aromatic N) is 1. The van der Waals surface area contributed by atoms with Gasteiger partial charge in [-0.3, -0.25) is 0 Å². The van der Waals surface area contributed by atoms with Gasteiger partial charge in [0.25, 0.3) is 0 Å². The lowest BCUT2D eigenvalue weighted by Crippen LogP contribution is -2.41. The molecule has 1 fully saturated rings. The minimum atomic E-state index is 0.0641. The third kappa shape index (κ3) is 6.00. The maximum absolute atomic E-state index is 12.0. The molecule has 1 aliphatic rings. The van der Waals surface area contributed by atoms with Crippen molar-refractivity contribution in [2.24, 2.45) is 5.92 Å². The normalized spacial score (nSPS) is 15.7. The van der Waals surface area contributed by atoms with Crippen molar-refractivity contribution in [2.45, 2.75) is 37.0 Å². The Morgan fingerprint density at radius 3 is 2.67 bits per heavy atom. The number of amides is 2. The molecule has 21 heavy (non-hydrogen) atoms.